The molecule has 0 spiro atoms. The Morgan fingerprint density at radius 1 is 1.48 bits per heavy atom. The van der Waals surface area contributed by atoms with Crippen molar-refractivity contribution in [3.8, 4) is 0 Å². The summed E-state index contributed by atoms with van der Waals surface area (Å²) in [5.41, 5.74) is 1.08. The van der Waals surface area contributed by atoms with E-state index < -0.39 is 11.7 Å². The lowest BCUT2D eigenvalue weighted by Gasteiger charge is -2.04. The highest BCUT2D eigenvalue weighted by atomic mass is 19.1. The van der Waals surface area contributed by atoms with E-state index in [4.69, 9.17) is 4.52 Å². The monoisotopic (exact) mass is 290 g/mol. The van der Waals surface area contributed by atoms with E-state index >= 15 is 0 Å². The zero-order valence-corrected chi connectivity index (χ0v) is 11.5. The highest BCUT2D eigenvalue weighted by molar-refractivity contribution is 6.01. The molecule has 1 aromatic heterocycles. The van der Waals surface area contributed by atoms with Gasteiger partial charge < -0.3 is 15.2 Å². The largest absolute Gasteiger partial charge is 0.337 e. The van der Waals surface area contributed by atoms with Crippen LogP contribution in [0.15, 0.2) is 22.7 Å². The smallest absolute Gasteiger partial charge is 0.297 e. The number of rotatable bonds is 3. The SMILES string of the molecule is Cc1cc(F)cc(NC(=O)c2noc(C3CCCN3)n2)c1. The van der Waals surface area contributed by atoms with Crippen molar-refractivity contribution in [3.63, 3.8) is 0 Å². The molecule has 0 radical (unpaired) electrons. The summed E-state index contributed by atoms with van der Waals surface area (Å²) in [7, 11) is 0. The molecule has 3 rings (SSSR count). The molecule has 1 fully saturated rings. The Balaban J connectivity index is 1.73. The quantitative estimate of drug-likeness (QED) is 0.905. The fourth-order valence-corrected chi connectivity index (χ4v) is 2.36. The molecule has 1 aliphatic rings. The highest BCUT2D eigenvalue weighted by Crippen LogP contribution is 2.21. The summed E-state index contributed by atoms with van der Waals surface area (Å²) in [5, 5.41) is 9.44. The van der Waals surface area contributed by atoms with E-state index in [0.29, 0.717) is 17.1 Å². The Labute approximate surface area is 120 Å². The van der Waals surface area contributed by atoms with Crippen molar-refractivity contribution in [1.29, 1.82) is 0 Å². The van der Waals surface area contributed by atoms with Crippen LogP contribution in [0.4, 0.5) is 10.1 Å². The predicted molar refractivity (Wildman–Crippen MR) is 73.4 cm³/mol. The predicted octanol–water partition coefficient (Wildman–Crippen LogP) is 2.19. The number of aromatic nitrogens is 2. The number of hydrogen-bond acceptors (Lipinski definition) is 5. The zero-order chi connectivity index (χ0) is 14.8. The van der Waals surface area contributed by atoms with E-state index in [1.165, 1.54) is 12.1 Å². The number of amides is 1. The molecular formula is C14H15FN4O2. The van der Waals surface area contributed by atoms with Crippen molar-refractivity contribution < 1.29 is 13.7 Å². The molecule has 1 aliphatic heterocycles. The van der Waals surface area contributed by atoms with Gasteiger partial charge in [-0.3, -0.25) is 4.79 Å². The van der Waals surface area contributed by atoms with E-state index in [1.54, 1.807) is 13.0 Å². The van der Waals surface area contributed by atoms with E-state index in [2.05, 4.69) is 20.8 Å². The molecule has 0 aliphatic carbocycles. The third-order valence-corrected chi connectivity index (χ3v) is 3.30. The third-order valence-electron chi connectivity index (χ3n) is 3.30. The van der Waals surface area contributed by atoms with Gasteiger partial charge in [0.25, 0.3) is 11.7 Å². The standard InChI is InChI=1S/C14H15FN4O2/c1-8-5-9(15)7-10(6-8)17-13(20)12-18-14(21-19-12)11-3-2-4-16-11/h5-7,11,16H,2-4H2,1H3,(H,17,20). The van der Waals surface area contributed by atoms with Gasteiger partial charge in [-0.1, -0.05) is 5.16 Å². The molecule has 6 nitrogen and oxygen atoms in total. The van der Waals surface area contributed by atoms with Gasteiger partial charge in [-0.05, 0) is 50.1 Å². The summed E-state index contributed by atoms with van der Waals surface area (Å²) in [5.74, 6) is -0.573. The fourth-order valence-electron chi connectivity index (χ4n) is 2.36. The van der Waals surface area contributed by atoms with Gasteiger partial charge in [-0.15, -0.1) is 0 Å². The normalized spacial score (nSPS) is 17.9. The van der Waals surface area contributed by atoms with Crippen molar-refractivity contribution in [1.82, 2.24) is 15.5 Å². The maximum absolute atomic E-state index is 13.3. The summed E-state index contributed by atoms with van der Waals surface area (Å²) >= 11 is 0. The van der Waals surface area contributed by atoms with Gasteiger partial charge in [0.1, 0.15) is 5.82 Å². The number of anilines is 1. The topological polar surface area (TPSA) is 80.0 Å². The molecule has 0 bridgehead atoms. The lowest BCUT2D eigenvalue weighted by molar-refractivity contribution is 0.101. The summed E-state index contributed by atoms with van der Waals surface area (Å²) in [4.78, 5) is 16.1. The van der Waals surface area contributed by atoms with Gasteiger partial charge in [0.05, 0.1) is 6.04 Å². The maximum atomic E-state index is 13.3. The molecular weight excluding hydrogens is 275 g/mol. The minimum Gasteiger partial charge on any atom is -0.337 e. The van der Waals surface area contributed by atoms with Crippen molar-refractivity contribution in [2.24, 2.45) is 0 Å². The summed E-state index contributed by atoms with van der Waals surface area (Å²) < 4.78 is 18.4. The third kappa shape index (κ3) is 3.08. The number of aryl methyl sites for hydroxylation is 1. The zero-order valence-electron chi connectivity index (χ0n) is 11.5. The van der Waals surface area contributed by atoms with Crippen LogP contribution in [0.1, 0.15) is 41.0 Å². The van der Waals surface area contributed by atoms with Gasteiger partial charge >= 0.3 is 0 Å². The Kier molecular flexibility index (Phi) is 3.66. The summed E-state index contributed by atoms with van der Waals surface area (Å²) in [6, 6.07) is 4.30. The summed E-state index contributed by atoms with van der Waals surface area (Å²) in [6.07, 6.45) is 1.95. The van der Waals surface area contributed by atoms with Crippen LogP contribution in [-0.4, -0.2) is 22.6 Å². The molecule has 1 amide bonds. The number of halogens is 1. The van der Waals surface area contributed by atoms with Crippen molar-refractivity contribution >= 4 is 11.6 Å². The molecule has 1 atom stereocenters. The Bertz CT molecular complexity index is 644. The van der Waals surface area contributed by atoms with E-state index in [1.807, 2.05) is 0 Å². The number of nitrogens with one attached hydrogen (secondary N) is 2. The van der Waals surface area contributed by atoms with Crippen LogP contribution in [-0.2, 0) is 0 Å². The van der Waals surface area contributed by atoms with Crippen molar-refractivity contribution in [2.45, 2.75) is 25.8 Å². The molecule has 21 heavy (non-hydrogen) atoms. The van der Waals surface area contributed by atoms with Crippen LogP contribution in [0.3, 0.4) is 0 Å². The minimum atomic E-state index is -0.520. The molecule has 0 saturated carbocycles. The Morgan fingerprint density at radius 3 is 3.05 bits per heavy atom. The van der Waals surface area contributed by atoms with Crippen LogP contribution < -0.4 is 10.6 Å². The first-order chi connectivity index (χ1) is 10.1. The fraction of sp³-hybridized carbons (Fsp3) is 0.357. The van der Waals surface area contributed by atoms with E-state index in [0.717, 1.165) is 19.4 Å². The van der Waals surface area contributed by atoms with Crippen LogP contribution in [0.5, 0.6) is 0 Å². The molecule has 1 unspecified atom stereocenters. The maximum Gasteiger partial charge on any atom is 0.297 e. The second kappa shape index (κ2) is 5.61. The number of benzene rings is 1. The molecule has 1 saturated heterocycles. The first-order valence-corrected chi connectivity index (χ1v) is 6.77. The first-order valence-electron chi connectivity index (χ1n) is 6.77. The molecule has 1 aromatic carbocycles. The Hall–Kier alpha value is -2.28. The van der Waals surface area contributed by atoms with Crippen molar-refractivity contribution in [3.05, 3.63) is 41.3 Å². The Morgan fingerprint density at radius 2 is 2.33 bits per heavy atom. The molecule has 2 N–H and O–H groups in total. The number of carbonyl (C=O) groups is 1. The lowest BCUT2D eigenvalue weighted by atomic mass is 10.2. The average molecular weight is 290 g/mol. The molecule has 110 valence electrons. The first kappa shape index (κ1) is 13.7. The molecule has 2 heterocycles. The molecule has 2 aromatic rings. The summed E-state index contributed by atoms with van der Waals surface area (Å²) in [6.45, 7) is 2.65. The van der Waals surface area contributed by atoms with Gasteiger partial charge in [-0.2, -0.15) is 4.98 Å². The van der Waals surface area contributed by atoms with Crippen LogP contribution >= 0.6 is 0 Å². The van der Waals surface area contributed by atoms with Crippen molar-refractivity contribution in [2.75, 3.05) is 11.9 Å². The number of hydrogen-bond donors (Lipinski definition) is 2. The highest BCUT2D eigenvalue weighted by Gasteiger charge is 2.24. The van der Waals surface area contributed by atoms with Gasteiger partial charge in [-0.25, -0.2) is 4.39 Å². The minimum absolute atomic E-state index is 0.00969. The number of nitrogens with zero attached hydrogens (tertiary/aromatic N) is 2. The van der Waals surface area contributed by atoms with E-state index in [9.17, 15) is 9.18 Å². The van der Waals surface area contributed by atoms with Gasteiger partial charge in [0.15, 0.2) is 0 Å². The van der Waals surface area contributed by atoms with Gasteiger partial charge in [0, 0.05) is 5.69 Å². The second-order valence-corrected chi connectivity index (χ2v) is 5.08. The van der Waals surface area contributed by atoms with Crippen LogP contribution in [0.25, 0.3) is 0 Å². The van der Waals surface area contributed by atoms with Crippen LogP contribution in [0, 0.1) is 12.7 Å². The van der Waals surface area contributed by atoms with E-state index in [-0.39, 0.29) is 11.9 Å². The second-order valence-electron chi connectivity index (χ2n) is 5.08. The molecule has 7 heteroatoms. The van der Waals surface area contributed by atoms with Crippen LogP contribution in [0.2, 0.25) is 0 Å². The van der Waals surface area contributed by atoms with Gasteiger partial charge in [0.2, 0.25) is 5.89 Å². The number of carbonyl (C=O) groups excluding carboxylic acids is 1. The average Bonchev–Trinajstić information content (AvgIpc) is 3.09. The lowest BCUT2D eigenvalue weighted by Crippen LogP contribution is -2.16.